The Morgan fingerprint density at radius 1 is 1.17 bits per heavy atom. The lowest BCUT2D eigenvalue weighted by molar-refractivity contribution is 1.14. The Labute approximate surface area is 74.1 Å². The molecule has 1 fully saturated rings. The minimum atomic E-state index is 0.0921. The van der Waals surface area contributed by atoms with E-state index in [0.29, 0.717) is 0 Å². The molecule has 0 radical (unpaired) electrons. The third-order valence-electron chi connectivity index (χ3n) is 2.71. The molecule has 3 atom stereocenters. The maximum Gasteiger partial charge on any atom is -0.00652 e. The summed E-state index contributed by atoms with van der Waals surface area (Å²) in [5.74, 6) is 3.40. The fourth-order valence-electron chi connectivity index (χ4n) is 1.92. The molecular weight excluding hydrogens is 163 g/mol. The van der Waals surface area contributed by atoms with Crippen LogP contribution in [-0.2, 0) is 0 Å². The largest absolute Gasteiger partial charge is 0.0799 e. The third-order valence-corrected chi connectivity index (χ3v) is 5.41. The average molecular weight is 174 g/mol. The molecule has 0 saturated heterocycles. The number of fused-ring (bicyclic) bond motifs is 1. The van der Waals surface area contributed by atoms with Crippen molar-refractivity contribution in [1.82, 2.24) is 0 Å². The molecule has 0 unspecified atom stereocenters. The highest BCUT2D eigenvalue weighted by molar-refractivity contribution is 7.70. The van der Waals surface area contributed by atoms with Gasteiger partial charge in [0.15, 0.2) is 0 Å². The lowest BCUT2D eigenvalue weighted by atomic mass is 10.4. The van der Waals surface area contributed by atoms with Gasteiger partial charge in [0.05, 0.1) is 0 Å². The summed E-state index contributed by atoms with van der Waals surface area (Å²) in [6.45, 7) is 0. The van der Waals surface area contributed by atoms with Crippen molar-refractivity contribution in [3.63, 3.8) is 0 Å². The van der Waals surface area contributed by atoms with Gasteiger partial charge in [-0.15, -0.1) is 0 Å². The van der Waals surface area contributed by atoms with Crippen LogP contribution in [0.2, 0.25) is 0 Å². The highest BCUT2D eigenvalue weighted by atomic mass is 31.1. The van der Waals surface area contributed by atoms with E-state index in [1.165, 1.54) is 6.42 Å². The van der Waals surface area contributed by atoms with Crippen LogP contribution in [0.4, 0.5) is 0 Å². The molecule has 1 heteroatoms. The lowest BCUT2D eigenvalue weighted by Gasteiger charge is -2.09. The smallest absolute Gasteiger partial charge is 0.00652 e. The predicted molar refractivity (Wildman–Crippen MR) is 54.0 cm³/mol. The van der Waals surface area contributed by atoms with E-state index in [2.05, 4.69) is 42.2 Å². The van der Waals surface area contributed by atoms with Crippen molar-refractivity contribution >= 4 is 13.2 Å². The normalized spacial score (nSPS) is 36.5. The summed E-state index contributed by atoms with van der Waals surface area (Å²) in [7, 11) is 0.0921. The molecule has 1 aliphatic carbocycles. The van der Waals surface area contributed by atoms with E-state index in [9.17, 15) is 0 Å². The molecule has 1 heterocycles. The molecule has 1 aromatic carbocycles. The van der Waals surface area contributed by atoms with E-state index in [1.807, 2.05) is 0 Å². The molecule has 1 aromatic rings. The molecule has 0 amide bonds. The van der Waals surface area contributed by atoms with Crippen molar-refractivity contribution in [2.75, 3.05) is 0 Å². The molecule has 12 heavy (non-hydrogen) atoms. The van der Waals surface area contributed by atoms with E-state index in [1.54, 1.807) is 5.30 Å². The van der Waals surface area contributed by atoms with E-state index in [4.69, 9.17) is 0 Å². The summed E-state index contributed by atoms with van der Waals surface area (Å²) in [4.78, 5) is 0. The van der Waals surface area contributed by atoms with Gasteiger partial charge in [-0.1, -0.05) is 42.2 Å². The summed E-state index contributed by atoms with van der Waals surface area (Å²) in [6.07, 6.45) is 3.88. The maximum atomic E-state index is 2.45. The molecule has 2 aliphatic rings. The zero-order chi connectivity index (χ0) is 7.97. The van der Waals surface area contributed by atoms with Gasteiger partial charge in [0.2, 0.25) is 0 Å². The molecule has 60 valence electrons. The second-order valence-electron chi connectivity index (χ2n) is 3.55. The number of rotatable bonds is 1. The Morgan fingerprint density at radius 3 is 2.58 bits per heavy atom. The second kappa shape index (κ2) is 2.44. The molecule has 0 aromatic heterocycles. The van der Waals surface area contributed by atoms with Crippen LogP contribution in [0.15, 0.2) is 42.2 Å². The van der Waals surface area contributed by atoms with Crippen LogP contribution in [0.1, 0.15) is 6.42 Å². The summed E-state index contributed by atoms with van der Waals surface area (Å²) in [5.41, 5.74) is 1.02. The summed E-state index contributed by atoms with van der Waals surface area (Å²) in [5, 5.41) is 1.56. The first-order chi connectivity index (χ1) is 5.95. The van der Waals surface area contributed by atoms with E-state index < -0.39 is 0 Å². The summed E-state index contributed by atoms with van der Waals surface area (Å²) >= 11 is 0. The second-order valence-corrected chi connectivity index (χ2v) is 5.84. The zero-order valence-corrected chi connectivity index (χ0v) is 7.74. The first-order valence-corrected chi connectivity index (χ1v) is 5.95. The van der Waals surface area contributed by atoms with Gasteiger partial charge in [-0.2, -0.15) is 0 Å². The van der Waals surface area contributed by atoms with Gasteiger partial charge in [-0.25, -0.2) is 0 Å². The van der Waals surface area contributed by atoms with Crippen LogP contribution >= 0.6 is 7.92 Å². The maximum absolute atomic E-state index is 2.45. The van der Waals surface area contributed by atoms with Crippen molar-refractivity contribution in [2.45, 2.75) is 12.1 Å². The van der Waals surface area contributed by atoms with Gasteiger partial charge in [0, 0.05) is 0 Å². The molecule has 0 N–H and O–H groups in total. The Balaban J connectivity index is 1.95. The number of hydrogen-bond donors (Lipinski definition) is 0. The van der Waals surface area contributed by atoms with Crippen molar-refractivity contribution in [1.29, 1.82) is 0 Å². The average Bonchev–Trinajstić information content (AvgIpc) is 2.80. The Bertz CT molecular complexity index is 315. The van der Waals surface area contributed by atoms with E-state index in [0.717, 1.165) is 11.6 Å². The third kappa shape index (κ3) is 0.949. The molecule has 1 aliphatic heterocycles. The number of hydrogen-bond acceptors (Lipinski definition) is 0. The standard InChI is InChI=1S/C11H11P/c1-2-4-10(5-3-1)12-7-6-9-8-11(9)12/h1-7,9,11H,8H2/t9-,11+,12-/m0/s1. The predicted octanol–water partition coefficient (Wildman–Crippen LogP) is 2.71. The fourth-order valence-corrected chi connectivity index (χ4v) is 4.60. The van der Waals surface area contributed by atoms with Crippen molar-refractivity contribution in [3.05, 3.63) is 42.2 Å². The highest BCUT2D eigenvalue weighted by Crippen LogP contribution is 2.63. The Hall–Kier alpha value is -0.610. The molecule has 1 saturated carbocycles. The minimum Gasteiger partial charge on any atom is -0.0799 e. The Kier molecular flexibility index (Phi) is 1.39. The number of allylic oxidation sites excluding steroid dienone is 1. The van der Waals surface area contributed by atoms with E-state index >= 15 is 0 Å². The van der Waals surface area contributed by atoms with Crippen LogP contribution in [0.5, 0.6) is 0 Å². The topological polar surface area (TPSA) is 0 Å². The van der Waals surface area contributed by atoms with Crippen LogP contribution in [-0.4, -0.2) is 5.66 Å². The molecule has 0 bridgehead atoms. The van der Waals surface area contributed by atoms with Gasteiger partial charge in [-0.3, -0.25) is 0 Å². The van der Waals surface area contributed by atoms with Crippen molar-refractivity contribution in [3.8, 4) is 0 Å². The monoisotopic (exact) mass is 174 g/mol. The quantitative estimate of drug-likeness (QED) is 0.574. The van der Waals surface area contributed by atoms with Crippen LogP contribution < -0.4 is 5.30 Å². The molecule has 0 nitrogen and oxygen atoms in total. The minimum absolute atomic E-state index is 0.0921. The zero-order valence-electron chi connectivity index (χ0n) is 6.85. The highest BCUT2D eigenvalue weighted by Gasteiger charge is 2.44. The van der Waals surface area contributed by atoms with E-state index in [-0.39, 0.29) is 7.92 Å². The molecular formula is C11H11P. The SMILES string of the molecule is C1=C[P@@](c2ccccc2)[C@@H]2C[C@H]12. The summed E-state index contributed by atoms with van der Waals surface area (Å²) in [6, 6.07) is 11.0. The molecule has 3 rings (SSSR count). The van der Waals surface area contributed by atoms with Gasteiger partial charge < -0.3 is 0 Å². The van der Waals surface area contributed by atoms with Gasteiger partial charge >= 0.3 is 0 Å². The van der Waals surface area contributed by atoms with Crippen LogP contribution in [0, 0.1) is 5.92 Å². The first kappa shape index (κ1) is 6.86. The van der Waals surface area contributed by atoms with Crippen molar-refractivity contribution in [2.24, 2.45) is 5.92 Å². The lowest BCUT2D eigenvalue weighted by Crippen LogP contribution is -1.99. The van der Waals surface area contributed by atoms with Crippen molar-refractivity contribution < 1.29 is 0 Å². The van der Waals surface area contributed by atoms with Gasteiger partial charge in [0.1, 0.15) is 0 Å². The first-order valence-electron chi connectivity index (χ1n) is 4.47. The van der Waals surface area contributed by atoms with Gasteiger partial charge in [0.25, 0.3) is 0 Å². The van der Waals surface area contributed by atoms with Crippen LogP contribution in [0.3, 0.4) is 0 Å². The number of benzene rings is 1. The Morgan fingerprint density at radius 2 is 2.00 bits per heavy atom. The molecule has 0 spiro atoms. The van der Waals surface area contributed by atoms with Gasteiger partial charge in [-0.05, 0) is 31.2 Å². The van der Waals surface area contributed by atoms with Crippen LogP contribution in [0.25, 0.3) is 0 Å². The fraction of sp³-hybridized carbons (Fsp3) is 0.273. The summed E-state index contributed by atoms with van der Waals surface area (Å²) < 4.78 is 0.